The number of Topliss-reactive ketones (excluding diaryl/α,β-unsaturated/α-hetero) is 1. The molecule has 3 aromatic rings. The quantitative estimate of drug-likeness (QED) is 0.388. The van der Waals surface area contributed by atoms with E-state index in [0.29, 0.717) is 24.3 Å². The highest BCUT2D eigenvalue weighted by molar-refractivity contribution is 5.97. The van der Waals surface area contributed by atoms with Crippen LogP contribution in [-0.4, -0.2) is 35.7 Å². The molecule has 0 aliphatic heterocycles. The molecule has 0 aliphatic carbocycles. The van der Waals surface area contributed by atoms with Gasteiger partial charge in [-0.15, -0.1) is 0 Å². The Kier molecular flexibility index (Phi) is 8.29. The number of hydrogen-bond donors (Lipinski definition) is 1. The first-order chi connectivity index (χ1) is 15.5. The number of nitrogens with one attached hydrogen (secondary N) is 1. The molecule has 164 valence electrons. The molecule has 3 aromatic carbocycles. The van der Waals surface area contributed by atoms with Crippen molar-refractivity contribution in [3.05, 3.63) is 102 Å². The zero-order valence-electron chi connectivity index (χ0n) is 18.0. The number of ketones is 1. The molecule has 0 fully saturated rings. The Hall–Kier alpha value is -3.77. The average Bonchev–Trinajstić information content (AvgIpc) is 2.79. The third kappa shape index (κ3) is 7.49. The number of carbonyl (C=O) groups excluding carboxylic acids is 3. The van der Waals surface area contributed by atoms with Crippen molar-refractivity contribution in [1.82, 2.24) is 4.90 Å². The predicted molar refractivity (Wildman–Crippen MR) is 123 cm³/mol. The van der Waals surface area contributed by atoms with Gasteiger partial charge in [0.15, 0.2) is 12.4 Å². The van der Waals surface area contributed by atoms with E-state index < -0.39 is 18.5 Å². The van der Waals surface area contributed by atoms with Crippen LogP contribution in [0, 0.1) is 0 Å². The lowest BCUT2D eigenvalue weighted by Crippen LogP contribution is -2.32. The van der Waals surface area contributed by atoms with Gasteiger partial charge in [0.25, 0.3) is 5.91 Å². The second-order valence-corrected chi connectivity index (χ2v) is 7.46. The molecule has 0 aliphatic rings. The number of amides is 1. The number of hydrogen-bond acceptors (Lipinski definition) is 5. The molecule has 1 amide bonds. The standard InChI is InChI=1S/C26H26N2O4/c1-20(29)23-13-8-14-24(15-23)27-25(30)19-32-26(31)18-28(16-21-9-4-2-5-10-21)17-22-11-6-3-7-12-22/h2-15H,16-19H2,1H3,(H,27,30). The Labute approximate surface area is 187 Å². The van der Waals surface area contributed by atoms with Gasteiger partial charge in [-0.1, -0.05) is 72.8 Å². The van der Waals surface area contributed by atoms with Crippen LogP contribution in [0.3, 0.4) is 0 Å². The maximum Gasteiger partial charge on any atom is 0.320 e. The highest BCUT2D eigenvalue weighted by atomic mass is 16.5. The molecule has 0 aromatic heterocycles. The molecular weight excluding hydrogens is 404 g/mol. The van der Waals surface area contributed by atoms with Crippen LogP contribution in [0.2, 0.25) is 0 Å². The smallest absolute Gasteiger partial charge is 0.320 e. The number of carbonyl (C=O) groups is 3. The lowest BCUT2D eigenvalue weighted by molar-refractivity contribution is -0.148. The van der Waals surface area contributed by atoms with Crippen LogP contribution in [0.1, 0.15) is 28.4 Å². The van der Waals surface area contributed by atoms with Crippen LogP contribution in [0.25, 0.3) is 0 Å². The molecule has 0 bridgehead atoms. The highest BCUT2D eigenvalue weighted by Gasteiger charge is 2.15. The first kappa shape index (κ1) is 22.9. The maximum atomic E-state index is 12.4. The van der Waals surface area contributed by atoms with Crippen LogP contribution in [0.15, 0.2) is 84.9 Å². The van der Waals surface area contributed by atoms with Crippen LogP contribution in [-0.2, 0) is 27.4 Å². The lowest BCUT2D eigenvalue weighted by Gasteiger charge is -2.21. The summed E-state index contributed by atoms with van der Waals surface area (Å²) in [5, 5.41) is 2.64. The summed E-state index contributed by atoms with van der Waals surface area (Å²) in [6, 6.07) is 26.4. The van der Waals surface area contributed by atoms with Gasteiger partial charge in [-0.05, 0) is 30.2 Å². The van der Waals surface area contributed by atoms with Crippen molar-refractivity contribution >= 4 is 23.3 Å². The van der Waals surface area contributed by atoms with Crippen molar-refractivity contribution in [3.8, 4) is 0 Å². The van der Waals surface area contributed by atoms with E-state index in [-0.39, 0.29) is 12.3 Å². The SMILES string of the molecule is CC(=O)c1cccc(NC(=O)COC(=O)CN(Cc2ccccc2)Cc2ccccc2)c1. The third-order valence-electron chi connectivity index (χ3n) is 4.77. The predicted octanol–water partition coefficient (Wildman–Crippen LogP) is 4.07. The fourth-order valence-corrected chi connectivity index (χ4v) is 3.24. The van der Waals surface area contributed by atoms with E-state index in [4.69, 9.17) is 4.74 Å². The number of anilines is 1. The zero-order chi connectivity index (χ0) is 22.8. The Balaban J connectivity index is 1.55. The lowest BCUT2D eigenvalue weighted by atomic mass is 10.1. The van der Waals surface area contributed by atoms with Gasteiger partial charge in [0.05, 0.1) is 6.54 Å². The molecule has 0 unspecified atom stereocenters. The molecular formula is C26H26N2O4. The summed E-state index contributed by atoms with van der Waals surface area (Å²) in [4.78, 5) is 38.1. The van der Waals surface area contributed by atoms with Crippen LogP contribution >= 0.6 is 0 Å². The Morgan fingerprint density at radius 3 is 1.97 bits per heavy atom. The van der Waals surface area contributed by atoms with E-state index in [2.05, 4.69) is 5.32 Å². The van der Waals surface area contributed by atoms with Crippen molar-refractivity contribution in [3.63, 3.8) is 0 Å². The van der Waals surface area contributed by atoms with Crippen molar-refractivity contribution in [2.24, 2.45) is 0 Å². The highest BCUT2D eigenvalue weighted by Crippen LogP contribution is 2.12. The minimum atomic E-state index is -0.482. The second kappa shape index (κ2) is 11.6. The topological polar surface area (TPSA) is 75.7 Å². The first-order valence-electron chi connectivity index (χ1n) is 10.4. The maximum absolute atomic E-state index is 12.4. The molecule has 0 atom stereocenters. The van der Waals surface area contributed by atoms with Gasteiger partial charge in [-0.25, -0.2) is 0 Å². The first-order valence-corrected chi connectivity index (χ1v) is 10.4. The fraction of sp³-hybridized carbons (Fsp3) is 0.192. The summed E-state index contributed by atoms with van der Waals surface area (Å²) in [5.41, 5.74) is 3.14. The Bertz CT molecular complexity index is 1010. The van der Waals surface area contributed by atoms with Crippen molar-refractivity contribution in [1.29, 1.82) is 0 Å². The number of nitrogens with zero attached hydrogens (tertiary/aromatic N) is 1. The van der Waals surface area contributed by atoms with Gasteiger partial charge >= 0.3 is 5.97 Å². The molecule has 6 heteroatoms. The number of ether oxygens (including phenoxy) is 1. The largest absolute Gasteiger partial charge is 0.455 e. The average molecular weight is 431 g/mol. The summed E-state index contributed by atoms with van der Waals surface area (Å²) in [5.74, 6) is -1.04. The molecule has 6 nitrogen and oxygen atoms in total. The van der Waals surface area contributed by atoms with E-state index >= 15 is 0 Å². The Morgan fingerprint density at radius 1 is 0.812 bits per heavy atom. The number of benzene rings is 3. The van der Waals surface area contributed by atoms with Crippen LogP contribution in [0.4, 0.5) is 5.69 Å². The van der Waals surface area contributed by atoms with Gasteiger partial charge < -0.3 is 10.1 Å². The summed E-state index contributed by atoms with van der Waals surface area (Å²) >= 11 is 0. The van der Waals surface area contributed by atoms with Gasteiger partial charge in [0, 0.05) is 24.3 Å². The summed E-state index contributed by atoms with van der Waals surface area (Å²) < 4.78 is 5.20. The summed E-state index contributed by atoms with van der Waals surface area (Å²) in [7, 11) is 0. The van der Waals surface area contributed by atoms with E-state index in [1.165, 1.54) is 6.92 Å². The van der Waals surface area contributed by atoms with Crippen molar-refractivity contribution < 1.29 is 19.1 Å². The Morgan fingerprint density at radius 2 is 1.41 bits per heavy atom. The molecule has 0 radical (unpaired) electrons. The molecule has 32 heavy (non-hydrogen) atoms. The minimum Gasteiger partial charge on any atom is -0.455 e. The van der Waals surface area contributed by atoms with Gasteiger partial charge in [-0.2, -0.15) is 0 Å². The van der Waals surface area contributed by atoms with Gasteiger partial charge in [-0.3, -0.25) is 19.3 Å². The van der Waals surface area contributed by atoms with Gasteiger partial charge in [0.1, 0.15) is 0 Å². The molecule has 3 rings (SSSR count). The molecule has 0 saturated carbocycles. The van der Waals surface area contributed by atoms with E-state index in [0.717, 1.165) is 11.1 Å². The monoisotopic (exact) mass is 430 g/mol. The van der Waals surface area contributed by atoms with Crippen LogP contribution in [0.5, 0.6) is 0 Å². The van der Waals surface area contributed by atoms with Gasteiger partial charge in [0.2, 0.25) is 0 Å². The number of esters is 1. The van der Waals surface area contributed by atoms with Crippen LogP contribution < -0.4 is 5.32 Å². The van der Waals surface area contributed by atoms with E-state index in [1.54, 1.807) is 24.3 Å². The summed E-state index contributed by atoms with van der Waals surface area (Å²) in [6.07, 6.45) is 0. The van der Waals surface area contributed by atoms with E-state index in [1.807, 2.05) is 65.6 Å². The second-order valence-electron chi connectivity index (χ2n) is 7.46. The van der Waals surface area contributed by atoms with Crippen molar-refractivity contribution in [2.75, 3.05) is 18.5 Å². The minimum absolute atomic E-state index is 0.0525. The van der Waals surface area contributed by atoms with Crippen molar-refractivity contribution in [2.45, 2.75) is 20.0 Å². The third-order valence-corrected chi connectivity index (χ3v) is 4.77. The zero-order valence-corrected chi connectivity index (χ0v) is 18.0. The number of rotatable bonds is 10. The fourth-order valence-electron chi connectivity index (χ4n) is 3.24. The molecule has 0 spiro atoms. The summed E-state index contributed by atoms with van der Waals surface area (Å²) in [6.45, 7) is 2.27. The molecule has 0 saturated heterocycles. The molecule has 1 N–H and O–H groups in total. The normalized spacial score (nSPS) is 10.6. The van der Waals surface area contributed by atoms with E-state index in [9.17, 15) is 14.4 Å². The molecule has 0 heterocycles.